The molecule has 139 heavy (non-hydrogen) atoms. The summed E-state index contributed by atoms with van der Waals surface area (Å²) in [4.78, 5) is 91.8. The molecule has 5 heterocycles. The number of hydrogen-bond acceptors (Lipinski definition) is 30. The van der Waals surface area contributed by atoms with E-state index in [0.717, 1.165) is 62.6 Å². The quantitative estimate of drug-likeness (QED) is 0.00789. The van der Waals surface area contributed by atoms with Gasteiger partial charge in [0.05, 0.1) is 96.0 Å². The van der Waals surface area contributed by atoms with E-state index >= 15 is 0 Å². The van der Waals surface area contributed by atoms with Crippen LogP contribution in [0.1, 0.15) is 87.4 Å². The van der Waals surface area contributed by atoms with Crippen molar-refractivity contribution < 1.29 is 124 Å². The van der Waals surface area contributed by atoms with E-state index in [0.29, 0.717) is 26.4 Å². The van der Waals surface area contributed by atoms with E-state index < -0.39 is 157 Å². The third-order valence-electron chi connectivity index (χ3n) is 22.8. The molecule has 9 aromatic rings. The van der Waals surface area contributed by atoms with Crippen LogP contribution in [0.3, 0.4) is 0 Å². The molecule has 37 heteroatoms. The van der Waals surface area contributed by atoms with Crippen LogP contribution in [0.15, 0.2) is 293 Å². The van der Waals surface area contributed by atoms with Gasteiger partial charge in [-0.15, -0.1) is 0 Å². The minimum atomic E-state index is -1.52. The zero-order valence-corrected chi connectivity index (χ0v) is 79.3. The Kier molecular flexibility index (Phi) is 43.0. The number of aliphatic hydroxyl groups excluding tert-OH is 2. The van der Waals surface area contributed by atoms with Crippen LogP contribution in [0.5, 0.6) is 0 Å². The first-order valence-electron chi connectivity index (χ1n) is 45.1. The summed E-state index contributed by atoms with van der Waals surface area (Å²) in [5.74, 6) is -5.50. The van der Waals surface area contributed by atoms with Crippen molar-refractivity contribution in [1.82, 2.24) is 0 Å². The minimum Gasteiger partial charge on any atom is -0.456 e. The van der Waals surface area contributed by atoms with Crippen LogP contribution in [0, 0.1) is 11.8 Å². The number of primary amides is 3. The number of nitrogens with zero attached hydrogens (tertiary/aromatic N) is 6. The standard InChI is InChI=1S/C42H46N4O9S.C22H27N3O3.C21H23NO6S.C17H21NO8/c1-27-33(26-49-23-29-15-7-3-8-16-29)53-41(34(45-46-44)35(27)50-24-30-17-9-4-10-18-30)54-37-36(51-25-31-19-11-5-12-20-31)39(52-28(2)47)42(55-38(37)40(43)48)56-32-21-13-6-14-22-32;1-16-20(15-26-13-18-9-5-3-6-10-18)28-17(2)21(24-25-23)22(16)27-14-19-11-7-4-8-12-19;1-13(23)27-19-17(26-12-14-8-4-2-5-9-14)16(24)18(20(22)25)28-21(19)29-15-10-6-3-7-11-15;1-9(19)24-15-13(23-8-11-6-4-3-5-7-11)12(21)14(16(18)22)26-17(15)25-10(2)20/h3-22,27,33-39,41-42H,23-26H2,1-2H3,(H2,43,48);3-12,16-17,20-22H,13-15H2,1-2H3;2-11,16-19,21,24H,12H2,1H3,(H2,22,25);3-7,12-15,17,21H,8H2,1-2H3,(H2,18,22)/t27-,33?,34?,35-,36-,37+,38?,39?,41-,42+;16-,17+,20?,21?,22-;16-,17-,18?,19?,21-;12-,13+,14?,15?,17+/m1100/s1. The smallest absolute Gasteiger partial charge is 0.305 e. The zero-order chi connectivity index (χ0) is 99.1. The Bertz CT molecular complexity index is 5370. The van der Waals surface area contributed by atoms with Gasteiger partial charge in [-0.05, 0) is 81.2 Å². The number of aliphatic hydroxyl groups is 2. The monoisotopic (exact) mass is 1950 g/mol. The molecule has 738 valence electrons. The van der Waals surface area contributed by atoms with Crippen molar-refractivity contribution in [3.8, 4) is 0 Å². The first-order valence-corrected chi connectivity index (χ1v) is 46.9. The van der Waals surface area contributed by atoms with Gasteiger partial charge in [0.25, 0.3) is 0 Å². The van der Waals surface area contributed by atoms with Crippen molar-refractivity contribution in [1.29, 1.82) is 0 Å². The Morgan fingerprint density at radius 1 is 0.331 bits per heavy atom. The van der Waals surface area contributed by atoms with Crippen LogP contribution < -0.4 is 17.2 Å². The Labute approximate surface area is 814 Å². The van der Waals surface area contributed by atoms with Crippen LogP contribution in [0.4, 0.5) is 0 Å². The predicted molar refractivity (Wildman–Crippen MR) is 508 cm³/mol. The normalized spacial score (nSPS) is 27.4. The lowest BCUT2D eigenvalue weighted by molar-refractivity contribution is -0.312. The lowest BCUT2D eigenvalue weighted by Crippen LogP contribution is -2.65. The highest BCUT2D eigenvalue weighted by atomic mass is 32.2. The molecule has 10 unspecified atom stereocenters. The highest BCUT2D eigenvalue weighted by Gasteiger charge is 2.57. The SMILES string of the molecule is CC(=O)OC1[C@@H](OCc2ccccc2)[C@H](O)C(C(N)=O)O[C@H]1Sc1ccccc1.CC(=O)OC1[C@H](OC(C)=O)OC(C(N)=O)[C@@H](O)[C@H]1OCc1ccccc1.CC(=O)OC1[C@H](Sc2ccccc2)OC(C(N)=O)[C@@H](O[C@H]2OC(COCc3ccccc3)[C@@H](C)[C@@H](OCc3ccccc3)C2N=[N+]=[N-])[C@H]1OCc1ccccc1.C[C@@H]1OC(COCc2ccccc2)[C@@H](C)[C@@H](OCc2ccccc2)C1N=[N+]=[N-]. The second-order valence-corrected chi connectivity index (χ2v) is 35.4. The molecule has 5 aliphatic rings. The van der Waals surface area contributed by atoms with Crippen LogP contribution in [0.2, 0.25) is 0 Å². The molecular weight excluding hydrogens is 1830 g/mol. The second-order valence-electron chi connectivity index (χ2n) is 33.1. The third-order valence-corrected chi connectivity index (χ3v) is 25.1. The number of thioether (sulfide) groups is 2. The molecule has 5 saturated heterocycles. The predicted octanol–water partition coefficient (Wildman–Crippen LogP) is 13.1. The molecule has 14 rings (SSSR count). The first-order chi connectivity index (χ1) is 67.2. The van der Waals surface area contributed by atoms with Gasteiger partial charge in [-0.25, -0.2) is 0 Å². The molecular formula is C102H117N9O26S2. The highest BCUT2D eigenvalue weighted by molar-refractivity contribution is 8.00. The molecule has 0 aromatic heterocycles. The summed E-state index contributed by atoms with van der Waals surface area (Å²) in [6.45, 7) is 13.2. The van der Waals surface area contributed by atoms with Gasteiger partial charge in [0.1, 0.15) is 53.5 Å². The number of ether oxygens (including phenoxy) is 17. The van der Waals surface area contributed by atoms with E-state index in [2.05, 4.69) is 27.0 Å². The van der Waals surface area contributed by atoms with E-state index in [1.807, 2.05) is 263 Å². The Hall–Kier alpha value is -12.0. The van der Waals surface area contributed by atoms with Crippen molar-refractivity contribution in [2.24, 2.45) is 39.3 Å². The number of carbonyl (C=O) groups is 7. The van der Waals surface area contributed by atoms with Gasteiger partial charge in [0.2, 0.25) is 24.0 Å². The number of hydrogen-bond donors (Lipinski definition) is 5. The van der Waals surface area contributed by atoms with Gasteiger partial charge in [-0.2, -0.15) is 0 Å². The summed E-state index contributed by atoms with van der Waals surface area (Å²) in [6.07, 6.45) is -19.7. The van der Waals surface area contributed by atoms with Crippen molar-refractivity contribution in [3.05, 3.63) is 333 Å². The molecule has 5 fully saturated rings. The van der Waals surface area contributed by atoms with E-state index in [4.69, 9.17) is 103 Å². The van der Waals surface area contributed by atoms with Crippen LogP contribution in [-0.2, 0) is 160 Å². The molecule has 8 N–H and O–H groups in total. The summed E-state index contributed by atoms with van der Waals surface area (Å²) < 4.78 is 101. The van der Waals surface area contributed by atoms with E-state index in [1.54, 1.807) is 24.3 Å². The summed E-state index contributed by atoms with van der Waals surface area (Å²) in [7, 11) is 0. The molecule has 0 saturated carbocycles. The minimum absolute atomic E-state index is 0.0335. The maximum Gasteiger partial charge on any atom is 0.305 e. The van der Waals surface area contributed by atoms with E-state index in [1.165, 1.54) is 37.4 Å². The molecule has 25 atom stereocenters. The van der Waals surface area contributed by atoms with E-state index in [9.17, 15) is 49.3 Å². The fourth-order valence-corrected chi connectivity index (χ4v) is 18.2. The summed E-state index contributed by atoms with van der Waals surface area (Å²) in [5.41, 5.74) is 40.4. The van der Waals surface area contributed by atoms with Gasteiger partial charge in [0.15, 0.2) is 42.9 Å². The Balaban J connectivity index is 0.000000189. The number of amides is 3. The fourth-order valence-electron chi connectivity index (χ4n) is 16.0. The number of esters is 4. The average molecular weight is 1950 g/mol. The van der Waals surface area contributed by atoms with Crippen molar-refractivity contribution in [2.75, 3.05) is 13.2 Å². The van der Waals surface area contributed by atoms with Gasteiger partial charge >= 0.3 is 23.9 Å². The van der Waals surface area contributed by atoms with Crippen molar-refractivity contribution in [3.63, 3.8) is 0 Å². The van der Waals surface area contributed by atoms with Gasteiger partial charge < -0.3 is 108 Å². The number of nitrogens with two attached hydrogens (primary N) is 3. The zero-order valence-electron chi connectivity index (χ0n) is 77.7. The fraction of sp³-hybridized carbons (Fsp3) is 0.402. The van der Waals surface area contributed by atoms with Crippen LogP contribution in [0.25, 0.3) is 20.9 Å². The number of benzene rings is 9. The summed E-state index contributed by atoms with van der Waals surface area (Å²) in [5, 5.41) is 29.2. The third kappa shape index (κ3) is 32.8. The largest absolute Gasteiger partial charge is 0.456 e. The first kappa shape index (κ1) is 107. The van der Waals surface area contributed by atoms with Gasteiger partial charge in [0, 0.05) is 59.1 Å². The van der Waals surface area contributed by atoms with Crippen LogP contribution in [-0.4, -0.2) is 204 Å². The van der Waals surface area contributed by atoms with E-state index in [-0.39, 0.29) is 69.2 Å². The van der Waals surface area contributed by atoms with Gasteiger partial charge in [-0.3, -0.25) is 33.6 Å². The number of azide groups is 2. The lowest BCUT2D eigenvalue weighted by Gasteiger charge is -2.48. The average Bonchev–Trinajstić information content (AvgIpc) is 0.794. The molecule has 0 bridgehead atoms. The topological polar surface area (TPSA) is 492 Å². The maximum atomic E-state index is 13.4. The molecule has 0 spiro atoms. The Morgan fingerprint density at radius 2 is 0.619 bits per heavy atom. The van der Waals surface area contributed by atoms with Crippen molar-refractivity contribution >= 4 is 65.1 Å². The van der Waals surface area contributed by atoms with Gasteiger partial charge in [-0.1, -0.05) is 296 Å². The molecule has 3 amide bonds. The Morgan fingerprint density at radius 3 is 0.971 bits per heavy atom. The van der Waals surface area contributed by atoms with Crippen molar-refractivity contribution in [2.45, 2.75) is 244 Å². The van der Waals surface area contributed by atoms with Crippen LogP contribution >= 0.6 is 23.5 Å². The second kappa shape index (κ2) is 55.7. The summed E-state index contributed by atoms with van der Waals surface area (Å²) in [6, 6.07) is 84.4. The molecule has 9 aromatic carbocycles. The molecule has 5 aliphatic heterocycles. The molecule has 0 aliphatic carbocycles. The summed E-state index contributed by atoms with van der Waals surface area (Å²) >= 11 is 2.52. The maximum absolute atomic E-state index is 13.4. The molecule has 35 nitrogen and oxygen atoms in total. The number of rotatable bonds is 38. The lowest BCUT2D eigenvalue weighted by atomic mass is 9.87. The number of carbonyl (C=O) groups excluding carboxylic acids is 7. The highest BCUT2D eigenvalue weighted by Crippen LogP contribution is 2.43. The molecule has 0 radical (unpaired) electrons.